The van der Waals surface area contributed by atoms with Crippen LogP contribution in [0.1, 0.15) is 38.5 Å². The second kappa shape index (κ2) is 5.10. The van der Waals surface area contributed by atoms with Gasteiger partial charge in [-0.05, 0) is 70.0 Å². The van der Waals surface area contributed by atoms with Gasteiger partial charge in [0.1, 0.15) is 0 Å². The van der Waals surface area contributed by atoms with Gasteiger partial charge in [-0.2, -0.15) is 0 Å². The number of hydrogen-bond donors (Lipinski definition) is 1. The summed E-state index contributed by atoms with van der Waals surface area (Å²) in [5, 5.41) is 0. The lowest BCUT2D eigenvalue weighted by Crippen LogP contribution is -2.56. The van der Waals surface area contributed by atoms with Gasteiger partial charge in [0.2, 0.25) is 0 Å². The van der Waals surface area contributed by atoms with E-state index >= 15 is 0 Å². The zero-order chi connectivity index (χ0) is 12.6. The molecule has 0 aromatic rings. The van der Waals surface area contributed by atoms with E-state index in [1.54, 1.807) is 0 Å². The number of nitrogens with two attached hydrogens (primary N) is 1. The summed E-state index contributed by atoms with van der Waals surface area (Å²) in [6.45, 7) is 6.55. The van der Waals surface area contributed by atoms with Gasteiger partial charge in [-0.1, -0.05) is 0 Å². The first-order valence-electron chi connectivity index (χ1n) is 7.82. The molecule has 2 N–H and O–H groups in total. The highest BCUT2D eigenvalue weighted by Crippen LogP contribution is 2.45. The van der Waals surface area contributed by atoms with Crippen molar-refractivity contribution in [2.75, 3.05) is 39.8 Å². The maximum Gasteiger partial charge on any atom is 0.00631 e. The summed E-state index contributed by atoms with van der Waals surface area (Å²) in [6, 6.07) is 0.474. The van der Waals surface area contributed by atoms with E-state index in [1.165, 1.54) is 71.2 Å². The molecule has 3 aliphatic rings. The van der Waals surface area contributed by atoms with Crippen molar-refractivity contribution in [1.29, 1.82) is 0 Å². The van der Waals surface area contributed by atoms with Gasteiger partial charge >= 0.3 is 0 Å². The number of nitrogens with zero attached hydrogens (tertiary/aromatic N) is 2. The predicted molar refractivity (Wildman–Crippen MR) is 75.5 cm³/mol. The Labute approximate surface area is 112 Å². The number of rotatable bonds is 2. The van der Waals surface area contributed by atoms with Crippen molar-refractivity contribution in [2.24, 2.45) is 17.1 Å². The fourth-order valence-corrected chi connectivity index (χ4v) is 4.39. The van der Waals surface area contributed by atoms with Crippen molar-refractivity contribution in [3.63, 3.8) is 0 Å². The molecule has 3 rings (SSSR count). The van der Waals surface area contributed by atoms with Crippen molar-refractivity contribution in [3.8, 4) is 0 Å². The van der Waals surface area contributed by atoms with Crippen LogP contribution in [0.25, 0.3) is 0 Å². The number of piperidine rings is 1. The molecule has 1 aliphatic carbocycles. The average Bonchev–Trinajstić information content (AvgIpc) is 2.33. The molecule has 2 saturated heterocycles. The molecule has 0 atom stereocenters. The Morgan fingerprint density at radius 1 is 1.06 bits per heavy atom. The van der Waals surface area contributed by atoms with Crippen molar-refractivity contribution in [2.45, 2.75) is 44.6 Å². The van der Waals surface area contributed by atoms with E-state index in [9.17, 15) is 0 Å². The predicted octanol–water partition coefficient (Wildman–Crippen LogP) is 1.53. The molecule has 104 valence electrons. The van der Waals surface area contributed by atoms with E-state index in [2.05, 4.69) is 16.8 Å². The molecule has 3 heteroatoms. The first-order valence-corrected chi connectivity index (χ1v) is 7.82. The van der Waals surface area contributed by atoms with Crippen LogP contribution in [0.2, 0.25) is 0 Å². The van der Waals surface area contributed by atoms with Crippen molar-refractivity contribution < 1.29 is 0 Å². The van der Waals surface area contributed by atoms with Crippen LogP contribution < -0.4 is 5.73 Å². The summed E-state index contributed by atoms with van der Waals surface area (Å²) in [5.74, 6) is 0.968. The van der Waals surface area contributed by atoms with Gasteiger partial charge in [-0.25, -0.2) is 0 Å². The number of likely N-dealkylation sites (tertiary alicyclic amines) is 2. The molecule has 1 spiro atoms. The maximum atomic E-state index is 5.97. The molecule has 18 heavy (non-hydrogen) atoms. The third-order valence-electron chi connectivity index (χ3n) is 5.53. The largest absolute Gasteiger partial charge is 0.328 e. The molecule has 0 radical (unpaired) electrons. The minimum atomic E-state index is 0.474. The van der Waals surface area contributed by atoms with Crippen LogP contribution >= 0.6 is 0 Å². The molecular weight excluding hydrogens is 222 g/mol. The lowest BCUT2D eigenvalue weighted by molar-refractivity contribution is -0.0254. The summed E-state index contributed by atoms with van der Waals surface area (Å²) in [6.07, 6.45) is 8.32. The molecule has 0 aromatic carbocycles. The highest BCUT2D eigenvalue weighted by atomic mass is 15.2. The zero-order valence-corrected chi connectivity index (χ0v) is 11.9. The summed E-state index contributed by atoms with van der Waals surface area (Å²) >= 11 is 0. The number of hydrogen-bond acceptors (Lipinski definition) is 3. The Kier molecular flexibility index (Phi) is 3.65. The van der Waals surface area contributed by atoms with Gasteiger partial charge in [0.25, 0.3) is 0 Å². The summed E-state index contributed by atoms with van der Waals surface area (Å²) < 4.78 is 0. The third-order valence-corrected chi connectivity index (χ3v) is 5.53. The Balaban J connectivity index is 1.40. The normalized spacial score (nSPS) is 31.7. The second-order valence-electron chi connectivity index (χ2n) is 7.25. The van der Waals surface area contributed by atoms with Crippen LogP contribution in [0.15, 0.2) is 0 Å². The monoisotopic (exact) mass is 251 g/mol. The van der Waals surface area contributed by atoms with Crippen LogP contribution in [0.4, 0.5) is 0 Å². The SMILES string of the molecule is CN1CC2(CCC(CN3CCC(N)CC3)CC2)C1. The van der Waals surface area contributed by atoms with Gasteiger partial charge in [-0.3, -0.25) is 0 Å². The van der Waals surface area contributed by atoms with Gasteiger partial charge in [-0.15, -0.1) is 0 Å². The zero-order valence-electron chi connectivity index (χ0n) is 11.9. The molecule has 0 unspecified atom stereocenters. The van der Waals surface area contributed by atoms with Crippen molar-refractivity contribution >= 4 is 0 Å². The minimum Gasteiger partial charge on any atom is -0.328 e. The standard InChI is InChI=1S/C15H29N3/c1-17-11-15(12-17)6-2-13(3-7-15)10-18-8-4-14(16)5-9-18/h13-14H,2-12,16H2,1H3. The third kappa shape index (κ3) is 2.73. The molecule has 0 bridgehead atoms. The topological polar surface area (TPSA) is 32.5 Å². The van der Waals surface area contributed by atoms with Crippen LogP contribution in [-0.4, -0.2) is 55.6 Å². The second-order valence-corrected chi connectivity index (χ2v) is 7.25. The lowest BCUT2D eigenvalue weighted by Gasteiger charge is -2.52. The first-order chi connectivity index (χ1) is 8.65. The van der Waals surface area contributed by atoms with Gasteiger partial charge in [0.15, 0.2) is 0 Å². The fourth-order valence-electron chi connectivity index (χ4n) is 4.39. The molecule has 0 amide bonds. The molecular formula is C15H29N3. The molecule has 1 saturated carbocycles. The van der Waals surface area contributed by atoms with Gasteiger partial charge < -0.3 is 15.5 Å². The van der Waals surface area contributed by atoms with Gasteiger partial charge in [0, 0.05) is 25.7 Å². The maximum absolute atomic E-state index is 5.97. The Bertz CT molecular complexity index is 267. The Morgan fingerprint density at radius 2 is 1.67 bits per heavy atom. The molecule has 3 nitrogen and oxygen atoms in total. The molecule has 3 fully saturated rings. The smallest absolute Gasteiger partial charge is 0.00631 e. The highest BCUT2D eigenvalue weighted by Gasteiger charge is 2.43. The quantitative estimate of drug-likeness (QED) is 0.808. The van der Waals surface area contributed by atoms with Crippen molar-refractivity contribution in [3.05, 3.63) is 0 Å². The molecule has 2 heterocycles. The van der Waals surface area contributed by atoms with E-state index in [1.807, 2.05) is 0 Å². The Morgan fingerprint density at radius 3 is 2.22 bits per heavy atom. The van der Waals surface area contributed by atoms with Crippen LogP contribution in [0.3, 0.4) is 0 Å². The van der Waals surface area contributed by atoms with Crippen LogP contribution in [0, 0.1) is 11.3 Å². The molecule has 0 aromatic heterocycles. The summed E-state index contributed by atoms with van der Waals surface area (Å²) in [7, 11) is 2.26. The highest BCUT2D eigenvalue weighted by molar-refractivity contribution is 4.96. The lowest BCUT2D eigenvalue weighted by atomic mass is 9.66. The summed E-state index contributed by atoms with van der Waals surface area (Å²) in [4.78, 5) is 5.14. The summed E-state index contributed by atoms with van der Waals surface area (Å²) in [5.41, 5.74) is 6.70. The van der Waals surface area contributed by atoms with E-state index in [4.69, 9.17) is 5.73 Å². The van der Waals surface area contributed by atoms with Crippen molar-refractivity contribution in [1.82, 2.24) is 9.80 Å². The average molecular weight is 251 g/mol. The first kappa shape index (κ1) is 12.9. The Hall–Kier alpha value is -0.120. The van der Waals surface area contributed by atoms with E-state index in [0.717, 1.165) is 11.3 Å². The van der Waals surface area contributed by atoms with E-state index in [0.29, 0.717) is 6.04 Å². The minimum absolute atomic E-state index is 0.474. The molecule has 2 aliphatic heterocycles. The fraction of sp³-hybridized carbons (Fsp3) is 1.00. The van der Waals surface area contributed by atoms with E-state index in [-0.39, 0.29) is 0 Å². The van der Waals surface area contributed by atoms with Crippen LogP contribution in [-0.2, 0) is 0 Å². The van der Waals surface area contributed by atoms with Crippen LogP contribution in [0.5, 0.6) is 0 Å². The van der Waals surface area contributed by atoms with Gasteiger partial charge in [0.05, 0.1) is 0 Å². The van der Waals surface area contributed by atoms with E-state index < -0.39 is 0 Å².